The topological polar surface area (TPSA) is 81.4 Å². The minimum absolute atomic E-state index is 0.00987. The molecule has 1 amide bonds. The summed E-state index contributed by atoms with van der Waals surface area (Å²) in [5, 5.41) is 2.75. The second-order valence-electron chi connectivity index (χ2n) is 4.06. The molecule has 0 aliphatic heterocycles. The van der Waals surface area contributed by atoms with Crippen LogP contribution in [-0.4, -0.2) is 25.0 Å². The SMILES string of the molecule is COC(=O)c1ccc(NC(=O)C2CC2N)cc1. The molecule has 2 atom stereocenters. The number of carbonyl (C=O) groups is 2. The van der Waals surface area contributed by atoms with Gasteiger partial charge in [0, 0.05) is 11.7 Å². The largest absolute Gasteiger partial charge is 0.465 e. The van der Waals surface area contributed by atoms with Crippen molar-refractivity contribution >= 4 is 17.6 Å². The lowest BCUT2D eigenvalue weighted by atomic mass is 10.2. The van der Waals surface area contributed by atoms with Gasteiger partial charge < -0.3 is 15.8 Å². The van der Waals surface area contributed by atoms with Crippen LogP contribution in [0.2, 0.25) is 0 Å². The molecule has 2 rings (SSSR count). The molecule has 0 spiro atoms. The van der Waals surface area contributed by atoms with Crippen LogP contribution >= 0.6 is 0 Å². The van der Waals surface area contributed by atoms with Crippen LogP contribution in [0.1, 0.15) is 16.8 Å². The van der Waals surface area contributed by atoms with E-state index in [1.807, 2.05) is 0 Å². The van der Waals surface area contributed by atoms with Gasteiger partial charge in [-0.05, 0) is 30.7 Å². The molecule has 0 radical (unpaired) electrons. The van der Waals surface area contributed by atoms with Crippen molar-refractivity contribution in [1.29, 1.82) is 0 Å². The molecule has 1 aliphatic carbocycles. The van der Waals surface area contributed by atoms with Gasteiger partial charge in [-0.15, -0.1) is 0 Å². The van der Waals surface area contributed by atoms with E-state index in [1.54, 1.807) is 24.3 Å². The van der Waals surface area contributed by atoms with E-state index in [0.29, 0.717) is 11.3 Å². The number of rotatable bonds is 3. The first-order chi connectivity index (χ1) is 8.11. The van der Waals surface area contributed by atoms with Crippen LogP contribution in [0.3, 0.4) is 0 Å². The highest BCUT2D eigenvalue weighted by Crippen LogP contribution is 2.29. The van der Waals surface area contributed by atoms with Crippen molar-refractivity contribution < 1.29 is 14.3 Å². The van der Waals surface area contributed by atoms with Crippen LogP contribution in [0.5, 0.6) is 0 Å². The maximum absolute atomic E-state index is 11.6. The highest BCUT2D eigenvalue weighted by molar-refractivity contribution is 5.95. The molecule has 3 N–H and O–H groups in total. The molecule has 0 aromatic heterocycles. The van der Waals surface area contributed by atoms with Crippen molar-refractivity contribution in [3.05, 3.63) is 29.8 Å². The molecule has 1 saturated carbocycles. The van der Waals surface area contributed by atoms with E-state index in [-0.39, 0.29) is 17.9 Å². The Balaban J connectivity index is 1.98. The molecule has 0 bridgehead atoms. The van der Waals surface area contributed by atoms with E-state index in [2.05, 4.69) is 10.1 Å². The number of esters is 1. The summed E-state index contributed by atoms with van der Waals surface area (Å²) in [6.45, 7) is 0. The first kappa shape index (κ1) is 11.6. The molecule has 17 heavy (non-hydrogen) atoms. The molecule has 90 valence electrons. The molecule has 1 aliphatic rings. The highest BCUT2D eigenvalue weighted by atomic mass is 16.5. The minimum atomic E-state index is -0.396. The predicted octanol–water partition coefficient (Wildman–Crippen LogP) is 0.759. The molecular formula is C12H14N2O3. The maximum Gasteiger partial charge on any atom is 0.337 e. The Morgan fingerprint density at radius 3 is 2.41 bits per heavy atom. The standard InChI is InChI=1S/C12H14N2O3/c1-17-12(16)7-2-4-8(5-3-7)14-11(15)9-6-10(9)13/h2-5,9-10H,6,13H2,1H3,(H,14,15). The molecule has 5 heteroatoms. The van der Waals surface area contributed by atoms with E-state index in [9.17, 15) is 9.59 Å². The van der Waals surface area contributed by atoms with Crippen LogP contribution in [0, 0.1) is 5.92 Å². The Morgan fingerprint density at radius 2 is 1.94 bits per heavy atom. The van der Waals surface area contributed by atoms with E-state index < -0.39 is 5.97 Å². The van der Waals surface area contributed by atoms with Gasteiger partial charge in [0.25, 0.3) is 0 Å². The second kappa shape index (κ2) is 4.55. The summed E-state index contributed by atoms with van der Waals surface area (Å²) in [4.78, 5) is 22.8. The highest BCUT2D eigenvalue weighted by Gasteiger charge is 2.39. The summed E-state index contributed by atoms with van der Waals surface area (Å²) in [5.41, 5.74) is 6.69. The second-order valence-corrected chi connectivity index (χ2v) is 4.06. The summed E-state index contributed by atoms with van der Waals surface area (Å²) in [6, 6.07) is 6.53. The third-order valence-corrected chi connectivity index (χ3v) is 2.75. The van der Waals surface area contributed by atoms with E-state index >= 15 is 0 Å². The van der Waals surface area contributed by atoms with E-state index in [1.165, 1.54) is 7.11 Å². The summed E-state index contributed by atoms with van der Waals surface area (Å²) < 4.78 is 4.58. The Hall–Kier alpha value is -1.88. The zero-order chi connectivity index (χ0) is 12.4. The van der Waals surface area contributed by atoms with Crippen LogP contribution in [0.25, 0.3) is 0 Å². The molecule has 0 heterocycles. The number of carbonyl (C=O) groups excluding carboxylic acids is 2. The monoisotopic (exact) mass is 234 g/mol. The van der Waals surface area contributed by atoms with Gasteiger partial charge in [0.05, 0.1) is 18.6 Å². The van der Waals surface area contributed by atoms with E-state index in [4.69, 9.17) is 5.73 Å². The summed E-state index contributed by atoms with van der Waals surface area (Å²) in [6.07, 6.45) is 0.742. The number of anilines is 1. The first-order valence-corrected chi connectivity index (χ1v) is 5.36. The first-order valence-electron chi connectivity index (χ1n) is 5.36. The smallest absolute Gasteiger partial charge is 0.337 e. The van der Waals surface area contributed by atoms with Crippen molar-refractivity contribution in [2.75, 3.05) is 12.4 Å². The Bertz CT molecular complexity index is 442. The van der Waals surface area contributed by atoms with Crippen LogP contribution in [-0.2, 0) is 9.53 Å². The summed E-state index contributed by atoms with van der Waals surface area (Å²) in [7, 11) is 1.33. The van der Waals surface area contributed by atoms with E-state index in [0.717, 1.165) is 6.42 Å². The predicted molar refractivity (Wildman–Crippen MR) is 62.5 cm³/mol. The Labute approximate surface area is 98.9 Å². The fourth-order valence-corrected chi connectivity index (χ4v) is 1.56. The van der Waals surface area contributed by atoms with Crippen molar-refractivity contribution in [3.8, 4) is 0 Å². The number of hydrogen-bond acceptors (Lipinski definition) is 4. The minimum Gasteiger partial charge on any atom is -0.465 e. The third-order valence-electron chi connectivity index (χ3n) is 2.75. The lowest BCUT2D eigenvalue weighted by Gasteiger charge is -2.05. The Kier molecular flexibility index (Phi) is 3.10. The molecule has 2 unspecified atom stereocenters. The Morgan fingerprint density at radius 1 is 1.35 bits per heavy atom. The maximum atomic E-state index is 11.6. The third kappa shape index (κ3) is 2.62. The quantitative estimate of drug-likeness (QED) is 0.756. The van der Waals surface area contributed by atoms with Gasteiger partial charge in [0.2, 0.25) is 5.91 Å². The van der Waals surface area contributed by atoms with Gasteiger partial charge in [0.1, 0.15) is 0 Å². The molecule has 0 saturated heterocycles. The number of hydrogen-bond donors (Lipinski definition) is 2. The fraction of sp³-hybridized carbons (Fsp3) is 0.333. The summed E-state index contributed by atoms with van der Waals surface area (Å²) in [5.74, 6) is -0.536. The molecular weight excluding hydrogens is 220 g/mol. The lowest BCUT2D eigenvalue weighted by molar-refractivity contribution is -0.117. The fourth-order valence-electron chi connectivity index (χ4n) is 1.56. The molecule has 1 aromatic rings. The lowest BCUT2D eigenvalue weighted by Crippen LogP contribution is -2.18. The average Bonchev–Trinajstić information content (AvgIpc) is 3.06. The molecule has 1 aromatic carbocycles. The number of methoxy groups -OCH3 is 1. The van der Waals surface area contributed by atoms with Gasteiger partial charge in [0.15, 0.2) is 0 Å². The van der Waals surface area contributed by atoms with Gasteiger partial charge in [-0.1, -0.05) is 0 Å². The van der Waals surface area contributed by atoms with Crippen molar-refractivity contribution in [2.24, 2.45) is 11.7 Å². The number of benzene rings is 1. The average molecular weight is 234 g/mol. The summed E-state index contributed by atoms with van der Waals surface area (Å²) >= 11 is 0. The van der Waals surface area contributed by atoms with Crippen molar-refractivity contribution in [1.82, 2.24) is 0 Å². The normalized spacial score (nSPS) is 21.8. The molecule has 1 fully saturated rings. The zero-order valence-electron chi connectivity index (χ0n) is 9.47. The van der Waals surface area contributed by atoms with Gasteiger partial charge in [-0.2, -0.15) is 0 Å². The number of ether oxygens (including phenoxy) is 1. The number of nitrogens with one attached hydrogen (secondary N) is 1. The van der Waals surface area contributed by atoms with Crippen molar-refractivity contribution in [3.63, 3.8) is 0 Å². The van der Waals surface area contributed by atoms with Crippen LogP contribution in [0.15, 0.2) is 24.3 Å². The molecule has 5 nitrogen and oxygen atoms in total. The van der Waals surface area contributed by atoms with Gasteiger partial charge in [-0.3, -0.25) is 4.79 Å². The number of nitrogens with two attached hydrogens (primary N) is 1. The van der Waals surface area contributed by atoms with Gasteiger partial charge >= 0.3 is 5.97 Å². The number of amides is 1. The zero-order valence-corrected chi connectivity index (χ0v) is 9.47. The van der Waals surface area contributed by atoms with Crippen LogP contribution in [0.4, 0.5) is 5.69 Å². The van der Waals surface area contributed by atoms with Crippen LogP contribution < -0.4 is 11.1 Å². The van der Waals surface area contributed by atoms with Crippen molar-refractivity contribution in [2.45, 2.75) is 12.5 Å². The van der Waals surface area contributed by atoms with Gasteiger partial charge in [-0.25, -0.2) is 4.79 Å².